The molecule has 0 atom stereocenters. The van der Waals surface area contributed by atoms with E-state index in [-0.39, 0.29) is 17.5 Å². The van der Waals surface area contributed by atoms with Crippen molar-refractivity contribution >= 4 is 143 Å². The van der Waals surface area contributed by atoms with Crippen molar-refractivity contribution in [1.29, 1.82) is 0 Å². The summed E-state index contributed by atoms with van der Waals surface area (Å²) in [4.78, 5) is 5.10. The van der Waals surface area contributed by atoms with Crippen molar-refractivity contribution in [3.05, 3.63) is 223 Å². The molecule has 6 nitrogen and oxygen atoms in total. The van der Waals surface area contributed by atoms with Crippen molar-refractivity contribution < 1.29 is 17.7 Å². The zero-order valence-electron chi connectivity index (χ0n) is 46.6. The van der Waals surface area contributed by atoms with Gasteiger partial charge in [-0.25, -0.2) is 0 Å². The lowest BCUT2D eigenvalue weighted by atomic mass is 9.33. The Bertz CT molecular complexity index is 4550. The van der Waals surface area contributed by atoms with Crippen LogP contribution in [0.2, 0.25) is 0 Å². The molecule has 0 saturated carbocycles. The molecule has 0 spiro atoms. The van der Waals surface area contributed by atoms with E-state index in [4.69, 9.17) is 17.7 Å². The van der Waals surface area contributed by atoms with Gasteiger partial charge in [-0.1, -0.05) is 145 Å². The summed E-state index contributed by atoms with van der Waals surface area (Å²) >= 11 is 3.77. The normalized spacial score (nSPS) is 13.3. The second-order valence-electron chi connectivity index (χ2n) is 24.5. The van der Waals surface area contributed by atoms with E-state index in [1.54, 1.807) is 0 Å². The number of rotatable bonds is 6. The van der Waals surface area contributed by atoms with Gasteiger partial charge in [0.2, 0.25) is 0 Å². The van der Waals surface area contributed by atoms with Gasteiger partial charge in [0.15, 0.2) is 0 Å². The Kier molecular flexibility index (Phi) is 10.3. The Balaban J connectivity index is 0.976. The van der Waals surface area contributed by atoms with Crippen LogP contribution in [0.15, 0.2) is 230 Å². The van der Waals surface area contributed by atoms with Crippen LogP contribution in [0.4, 0.5) is 32.8 Å². The molecule has 6 aromatic heterocycles. The van der Waals surface area contributed by atoms with Gasteiger partial charge in [-0.05, 0) is 158 Å². The summed E-state index contributed by atoms with van der Waals surface area (Å²) in [6.45, 7) is 13.8. The first-order valence-electron chi connectivity index (χ1n) is 28.5. The molecule has 0 radical (unpaired) electrons. The first-order valence-corrected chi connectivity index (χ1v) is 30.1. The zero-order chi connectivity index (χ0) is 55.6. The van der Waals surface area contributed by atoms with Crippen LogP contribution in [0.3, 0.4) is 0 Å². The fourth-order valence-electron chi connectivity index (χ4n) is 13.0. The van der Waals surface area contributed by atoms with Crippen molar-refractivity contribution in [2.75, 3.05) is 9.80 Å². The number of para-hydroxylation sites is 4. The van der Waals surface area contributed by atoms with Gasteiger partial charge in [0.1, 0.15) is 45.4 Å². The molecule has 8 heterocycles. The van der Waals surface area contributed by atoms with Gasteiger partial charge in [0.25, 0.3) is 6.71 Å². The second-order valence-corrected chi connectivity index (χ2v) is 26.6. The molecule has 398 valence electrons. The van der Waals surface area contributed by atoms with E-state index in [2.05, 4.69) is 215 Å². The minimum absolute atomic E-state index is 0.0869. The maximum atomic E-state index is 6.76. The van der Waals surface area contributed by atoms with E-state index in [9.17, 15) is 0 Å². The van der Waals surface area contributed by atoms with Crippen LogP contribution in [0, 0.1) is 0 Å². The van der Waals surface area contributed by atoms with Crippen molar-refractivity contribution in [3.63, 3.8) is 0 Å². The highest BCUT2D eigenvalue weighted by atomic mass is 32.1. The lowest BCUT2D eigenvalue weighted by Gasteiger charge is -2.42. The van der Waals surface area contributed by atoms with Crippen LogP contribution in [-0.2, 0) is 10.8 Å². The monoisotopic (exact) mass is 1110 g/mol. The average Bonchev–Trinajstić information content (AvgIpc) is 1.84. The molecule has 0 N–H and O–H groups in total. The fraction of sp³-hybridized carbons (Fsp3) is 0.108. The minimum Gasteiger partial charge on any atom is -0.456 e. The average molecular weight is 1110 g/mol. The van der Waals surface area contributed by atoms with Crippen molar-refractivity contribution in [1.82, 2.24) is 0 Å². The molecule has 0 saturated heterocycles. The number of nitrogens with zero attached hydrogens (tertiary/aromatic N) is 2. The Labute approximate surface area is 488 Å². The highest BCUT2D eigenvalue weighted by molar-refractivity contribution is 7.29. The van der Waals surface area contributed by atoms with E-state index < -0.39 is 0 Å². The van der Waals surface area contributed by atoms with Crippen molar-refractivity contribution in [3.8, 4) is 45.3 Å². The largest absolute Gasteiger partial charge is 0.456 e. The Morgan fingerprint density at radius 2 is 0.675 bits per heavy atom. The molecule has 2 aliphatic heterocycles. The van der Waals surface area contributed by atoms with Gasteiger partial charge >= 0.3 is 0 Å². The lowest BCUT2D eigenvalue weighted by molar-refractivity contribution is 0.591. The Hall–Kier alpha value is -9.28. The molecule has 9 heteroatoms. The van der Waals surface area contributed by atoms with Crippen LogP contribution >= 0.6 is 22.7 Å². The summed E-state index contributed by atoms with van der Waals surface area (Å²) in [5.74, 6) is 3.17. The van der Waals surface area contributed by atoms with Gasteiger partial charge < -0.3 is 27.5 Å². The first-order chi connectivity index (χ1) is 40.3. The maximum Gasteiger partial charge on any atom is 0.256 e. The fourth-order valence-corrected chi connectivity index (χ4v) is 15.5. The standard InChI is InChI=1S/C74H53BN2O4S2/c1-73(2,3)50-26-28-66-54(40-50)68-71(82-66)76(52-32-46(62-36-42-16-7-11-22-58(42)78-62)30-47(33-52)63-37-43-17-8-12-23-59(43)79-63)56-20-15-21-57-70(56)75(68)69-55-41-51(74(4,5)6)27-29-67(55)83-72(69)77(57)53-34-48(64-38-44-18-9-13-24-60(44)80-64)31-49(35-53)65-39-45-19-10-14-25-61(45)81-65/h7-41H,1-6H3. The quantitative estimate of drug-likeness (QED) is 0.155. The maximum absolute atomic E-state index is 6.76. The molecular formula is C74H53BN2O4S2. The molecule has 2 aliphatic rings. The number of hydrogen-bond donors (Lipinski definition) is 0. The molecule has 15 aromatic rings. The topological polar surface area (TPSA) is 59.0 Å². The number of furan rings is 4. The smallest absolute Gasteiger partial charge is 0.256 e. The van der Waals surface area contributed by atoms with E-state index in [0.29, 0.717) is 0 Å². The third kappa shape index (κ3) is 7.60. The molecule has 0 unspecified atom stereocenters. The number of hydrogen-bond acceptors (Lipinski definition) is 8. The second kappa shape index (κ2) is 17.6. The molecule has 17 rings (SSSR count). The predicted molar refractivity (Wildman–Crippen MR) is 349 cm³/mol. The van der Waals surface area contributed by atoms with Crippen molar-refractivity contribution in [2.45, 2.75) is 52.4 Å². The SMILES string of the molecule is CC(C)(C)c1ccc2sc3c(c2c1)B1c2c(cccc2N(c2cc(-c4cc5ccccc5o4)cc(-c4cc5ccccc5o4)c2)c2sc4ccc(C(C)(C)C)cc4c21)N3c1cc(-c2cc3ccccc3o2)cc(-c2cc3ccccc3o2)c1. The third-order valence-corrected chi connectivity index (χ3v) is 19.5. The van der Waals surface area contributed by atoms with E-state index in [0.717, 1.165) is 112 Å². The molecule has 83 heavy (non-hydrogen) atoms. The predicted octanol–water partition coefficient (Wildman–Crippen LogP) is 20.4. The summed E-state index contributed by atoms with van der Waals surface area (Å²) in [5.41, 5.74) is 17.8. The number of anilines is 6. The first kappa shape index (κ1) is 48.4. The molecule has 0 bridgehead atoms. The van der Waals surface area contributed by atoms with Gasteiger partial charge in [-0.3, -0.25) is 0 Å². The molecule has 0 fully saturated rings. The third-order valence-electron chi connectivity index (χ3n) is 17.2. The number of thiophene rings is 2. The summed E-state index contributed by atoms with van der Waals surface area (Å²) in [6.07, 6.45) is 0. The summed E-state index contributed by atoms with van der Waals surface area (Å²) in [5, 5.41) is 9.17. The van der Waals surface area contributed by atoms with E-state index in [1.807, 2.05) is 71.2 Å². The van der Waals surface area contributed by atoms with Crippen LogP contribution in [0.25, 0.3) is 109 Å². The van der Waals surface area contributed by atoms with E-state index >= 15 is 0 Å². The van der Waals surface area contributed by atoms with Crippen LogP contribution < -0.4 is 26.2 Å². The molecule has 0 amide bonds. The van der Waals surface area contributed by atoms with Gasteiger partial charge in [-0.15, -0.1) is 22.7 Å². The molecule has 0 aliphatic carbocycles. The summed E-state index contributed by atoms with van der Waals surface area (Å²) in [6, 6.07) is 76.8. The van der Waals surface area contributed by atoms with Gasteiger partial charge in [0, 0.05) is 75.9 Å². The van der Waals surface area contributed by atoms with E-state index in [1.165, 1.54) is 57.7 Å². The van der Waals surface area contributed by atoms with Crippen molar-refractivity contribution in [2.24, 2.45) is 0 Å². The van der Waals surface area contributed by atoms with Gasteiger partial charge in [0.05, 0.1) is 10.0 Å². The molecule has 9 aromatic carbocycles. The highest BCUT2D eigenvalue weighted by Gasteiger charge is 2.47. The Morgan fingerprint density at radius 3 is 1.00 bits per heavy atom. The van der Waals surface area contributed by atoms with Gasteiger partial charge in [-0.2, -0.15) is 0 Å². The lowest BCUT2D eigenvalue weighted by Crippen LogP contribution is -2.60. The number of benzene rings is 9. The zero-order valence-corrected chi connectivity index (χ0v) is 48.3. The van der Waals surface area contributed by atoms with Crippen LogP contribution in [-0.4, -0.2) is 6.71 Å². The van der Waals surface area contributed by atoms with Crippen LogP contribution in [0.5, 0.6) is 0 Å². The Morgan fingerprint density at radius 1 is 0.337 bits per heavy atom. The summed E-state index contributed by atoms with van der Waals surface area (Å²) in [7, 11) is 0. The minimum atomic E-state index is -0.131. The molecular weight excluding hydrogens is 1060 g/mol. The highest BCUT2D eigenvalue weighted by Crippen LogP contribution is 2.53. The summed E-state index contributed by atoms with van der Waals surface area (Å²) < 4.78 is 29.5. The number of fused-ring (bicyclic) bond motifs is 12. The van der Waals surface area contributed by atoms with Crippen LogP contribution in [0.1, 0.15) is 52.7 Å².